The van der Waals surface area contributed by atoms with Gasteiger partial charge in [-0.1, -0.05) is 13.8 Å². The van der Waals surface area contributed by atoms with Gasteiger partial charge in [-0.05, 0) is 20.0 Å². The molecule has 0 saturated carbocycles. The molecule has 0 bridgehead atoms. The summed E-state index contributed by atoms with van der Waals surface area (Å²) in [4.78, 5) is 13.0. The molecule has 3 N–H and O–H groups in total. The van der Waals surface area contributed by atoms with Crippen molar-refractivity contribution < 1.29 is 4.79 Å². The summed E-state index contributed by atoms with van der Waals surface area (Å²) in [5.41, 5.74) is 5.77. The molecule has 0 aromatic rings. The van der Waals surface area contributed by atoms with Crippen molar-refractivity contribution in [1.82, 2.24) is 10.2 Å². The summed E-state index contributed by atoms with van der Waals surface area (Å²) in [6, 6.07) is 0.0473. The fourth-order valence-electron chi connectivity index (χ4n) is 0.811. The van der Waals surface area contributed by atoms with Crippen molar-refractivity contribution >= 4 is 5.91 Å². The van der Waals surface area contributed by atoms with Crippen LogP contribution in [0, 0.1) is 5.92 Å². The molecule has 0 aliphatic carbocycles. The molecule has 4 heteroatoms. The number of carbonyl (C=O) groups is 1. The largest absolute Gasteiger partial charge is 0.353 e. The minimum Gasteiger partial charge on any atom is -0.353 e. The van der Waals surface area contributed by atoms with Crippen LogP contribution in [0.25, 0.3) is 0 Å². The fraction of sp³-hybridized carbons (Fsp3) is 0.889. The van der Waals surface area contributed by atoms with E-state index in [1.807, 2.05) is 32.8 Å². The van der Waals surface area contributed by atoms with Gasteiger partial charge in [0.1, 0.15) is 0 Å². The number of carbonyl (C=O) groups excluding carboxylic acids is 1. The molecule has 0 saturated heterocycles. The van der Waals surface area contributed by atoms with Crippen LogP contribution in [0.3, 0.4) is 0 Å². The highest BCUT2D eigenvalue weighted by Crippen LogP contribution is 1.95. The molecule has 13 heavy (non-hydrogen) atoms. The molecule has 0 aromatic carbocycles. The molecule has 1 amide bonds. The van der Waals surface area contributed by atoms with E-state index in [9.17, 15) is 4.79 Å². The molecule has 0 fully saturated rings. The highest BCUT2D eigenvalue weighted by molar-refractivity contribution is 5.77. The van der Waals surface area contributed by atoms with Gasteiger partial charge in [0.25, 0.3) is 0 Å². The second kappa shape index (κ2) is 5.94. The minimum absolute atomic E-state index is 0.0288. The summed E-state index contributed by atoms with van der Waals surface area (Å²) in [5, 5.41) is 2.79. The molecule has 0 radical (unpaired) electrons. The molecule has 0 rings (SSSR count). The first kappa shape index (κ1) is 12.4. The van der Waals surface area contributed by atoms with Gasteiger partial charge in [-0.15, -0.1) is 0 Å². The number of hydrogen-bond acceptors (Lipinski definition) is 3. The van der Waals surface area contributed by atoms with Gasteiger partial charge in [0.2, 0.25) is 5.91 Å². The van der Waals surface area contributed by atoms with Crippen molar-refractivity contribution in [3.05, 3.63) is 0 Å². The average molecular weight is 187 g/mol. The van der Waals surface area contributed by atoms with E-state index in [-0.39, 0.29) is 11.9 Å². The standard InChI is InChI=1S/C9H21N3O/c1-7(2)8(10)5-11-9(13)6-12(3)4/h7-8H,5-6,10H2,1-4H3,(H,11,13). The van der Waals surface area contributed by atoms with Crippen LogP contribution < -0.4 is 11.1 Å². The van der Waals surface area contributed by atoms with Gasteiger partial charge < -0.3 is 16.0 Å². The zero-order chi connectivity index (χ0) is 10.4. The number of nitrogens with one attached hydrogen (secondary N) is 1. The van der Waals surface area contributed by atoms with Crippen molar-refractivity contribution in [2.24, 2.45) is 11.7 Å². The summed E-state index contributed by atoms with van der Waals surface area (Å²) in [6.45, 7) is 5.07. The molecule has 78 valence electrons. The number of nitrogens with two attached hydrogens (primary N) is 1. The van der Waals surface area contributed by atoms with E-state index in [4.69, 9.17) is 5.73 Å². The van der Waals surface area contributed by atoms with Crippen molar-refractivity contribution in [2.75, 3.05) is 27.2 Å². The average Bonchev–Trinajstić information content (AvgIpc) is 1.98. The van der Waals surface area contributed by atoms with Crippen LogP contribution in [-0.4, -0.2) is 44.0 Å². The normalized spacial score (nSPS) is 13.5. The van der Waals surface area contributed by atoms with E-state index < -0.39 is 0 Å². The Labute approximate surface area is 80.5 Å². The third-order valence-corrected chi connectivity index (χ3v) is 1.85. The monoisotopic (exact) mass is 187 g/mol. The van der Waals surface area contributed by atoms with Crippen molar-refractivity contribution in [1.29, 1.82) is 0 Å². The Morgan fingerprint density at radius 2 is 2.00 bits per heavy atom. The Bertz CT molecular complexity index is 157. The number of rotatable bonds is 5. The Morgan fingerprint density at radius 1 is 1.46 bits per heavy atom. The second-order valence-corrected chi connectivity index (χ2v) is 3.95. The zero-order valence-corrected chi connectivity index (χ0v) is 9.00. The number of amides is 1. The van der Waals surface area contributed by atoms with Gasteiger partial charge >= 0.3 is 0 Å². The Balaban J connectivity index is 3.58. The second-order valence-electron chi connectivity index (χ2n) is 3.95. The van der Waals surface area contributed by atoms with Gasteiger partial charge in [0.15, 0.2) is 0 Å². The smallest absolute Gasteiger partial charge is 0.234 e. The lowest BCUT2D eigenvalue weighted by molar-refractivity contribution is -0.121. The lowest BCUT2D eigenvalue weighted by Crippen LogP contribution is -2.43. The van der Waals surface area contributed by atoms with E-state index in [0.29, 0.717) is 19.0 Å². The first-order chi connectivity index (χ1) is 5.93. The van der Waals surface area contributed by atoms with Crippen LogP contribution in [-0.2, 0) is 4.79 Å². The van der Waals surface area contributed by atoms with Crippen LogP contribution in [0.2, 0.25) is 0 Å². The molecule has 4 nitrogen and oxygen atoms in total. The van der Waals surface area contributed by atoms with E-state index in [2.05, 4.69) is 5.32 Å². The van der Waals surface area contributed by atoms with E-state index in [1.54, 1.807) is 0 Å². The van der Waals surface area contributed by atoms with Crippen molar-refractivity contribution in [3.8, 4) is 0 Å². The summed E-state index contributed by atoms with van der Waals surface area (Å²) >= 11 is 0. The minimum atomic E-state index is 0.0288. The number of nitrogens with zero attached hydrogens (tertiary/aromatic N) is 1. The Hall–Kier alpha value is -0.610. The highest BCUT2D eigenvalue weighted by atomic mass is 16.2. The van der Waals surface area contributed by atoms with Crippen LogP contribution in [0.15, 0.2) is 0 Å². The zero-order valence-electron chi connectivity index (χ0n) is 9.00. The maximum absolute atomic E-state index is 11.2. The summed E-state index contributed by atoms with van der Waals surface area (Å²) in [6.07, 6.45) is 0. The first-order valence-corrected chi connectivity index (χ1v) is 4.60. The van der Waals surface area contributed by atoms with Gasteiger partial charge in [-0.3, -0.25) is 4.79 Å². The molecule has 1 atom stereocenters. The SMILES string of the molecule is CC(C)C(N)CNC(=O)CN(C)C. The molecule has 0 spiro atoms. The fourth-order valence-corrected chi connectivity index (χ4v) is 0.811. The van der Waals surface area contributed by atoms with Gasteiger partial charge in [-0.25, -0.2) is 0 Å². The Morgan fingerprint density at radius 3 is 2.38 bits per heavy atom. The predicted molar refractivity (Wildman–Crippen MR) is 54.4 cm³/mol. The summed E-state index contributed by atoms with van der Waals surface area (Å²) < 4.78 is 0. The molecule has 0 aromatic heterocycles. The van der Waals surface area contributed by atoms with Crippen LogP contribution in [0.5, 0.6) is 0 Å². The molecular weight excluding hydrogens is 166 g/mol. The van der Waals surface area contributed by atoms with Crippen LogP contribution in [0.1, 0.15) is 13.8 Å². The van der Waals surface area contributed by atoms with Gasteiger partial charge in [0.05, 0.1) is 6.54 Å². The maximum atomic E-state index is 11.2. The third kappa shape index (κ3) is 6.54. The van der Waals surface area contributed by atoms with Gasteiger partial charge in [-0.2, -0.15) is 0 Å². The maximum Gasteiger partial charge on any atom is 0.234 e. The molecule has 0 aliphatic rings. The number of hydrogen-bond donors (Lipinski definition) is 2. The lowest BCUT2D eigenvalue weighted by atomic mass is 10.1. The Kier molecular flexibility index (Phi) is 5.66. The quantitative estimate of drug-likeness (QED) is 0.618. The molecular formula is C9H21N3O. The van der Waals surface area contributed by atoms with Crippen molar-refractivity contribution in [3.63, 3.8) is 0 Å². The summed E-state index contributed by atoms with van der Waals surface area (Å²) in [5.74, 6) is 0.431. The van der Waals surface area contributed by atoms with E-state index in [1.165, 1.54) is 0 Å². The molecule has 0 heterocycles. The van der Waals surface area contributed by atoms with Crippen molar-refractivity contribution in [2.45, 2.75) is 19.9 Å². The third-order valence-electron chi connectivity index (χ3n) is 1.85. The first-order valence-electron chi connectivity index (χ1n) is 4.60. The van der Waals surface area contributed by atoms with Crippen LogP contribution in [0.4, 0.5) is 0 Å². The highest BCUT2D eigenvalue weighted by Gasteiger charge is 2.09. The van der Waals surface area contributed by atoms with Gasteiger partial charge in [0, 0.05) is 12.6 Å². The predicted octanol–water partition coefficient (Wildman–Crippen LogP) is -0.352. The van der Waals surface area contributed by atoms with E-state index in [0.717, 1.165) is 0 Å². The lowest BCUT2D eigenvalue weighted by Gasteiger charge is -2.17. The van der Waals surface area contributed by atoms with Crippen LogP contribution >= 0.6 is 0 Å². The molecule has 0 aliphatic heterocycles. The number of likely N-dealkylation sites (N-methyl/N-ethyl adjacent to an activating group) is 1. The topological polar surface area (TPSA) is 58.4 Å². The molecule has 1 unspecified atom stereocenters. The van der Waals surface area contributed by atoms with E-state index >= 15 is 0 Å². The summed E-state index contributed by atoms with van der Waals surface area (Å²) in [7, 11) is 3.73.